The van der Waals surface area contributed by atoms with Gasteiger partial charge in [-0.3, -0.25) is 10.1 Å². The highest BCUT2D eigenvalue weighted by atomic mass is 16.6. The summed E-state index contributed by atoms with van der Waals surface area (Å²) in [5.74, 6) is 0.620. The van der Waals surface area contributed by atoms with Gasteiger partial charge in [-0.15, -0.1) is 0 Å². The molecule has 1 N–H and O–H groups in total. The molecule has 0 aliphatic carbocycles. The average Bonchev–Trinajstić information content (AvgIpc) is 2.42. The molecule has 0 saturated carbocycles. The van der Waals surface area contributed by atoms with Gasteiger partial charge in [0.15, 0.2) is 0 Å². The number of hydrogen-bond donors (Lipinski definition) is 1. The number of benzene rings is 1. The Bertz CT molecular complexity index is 461. The molecule has 1 heterocycles. The van der Waals surface area contributed by atoms with Gasteiger partial charge in [0.2, 0.25) is 0 Å². The maximum atomic E-state index is 10.7. The van der Waals surface area contributed by atoms with Gasteiger partial charge in [-0.1, -0.05) is 19.1 Å². The molecule has 2 rings (SSSR count). The van der Waals surface area contributed by atoms with Crippen molar-refractivity contribution in [2.24, 2.45) is 5.92 Å². The van der Waals surface area contributed by atoms with Crippen molar-refractivity contribution in [3.8, 4) is 0 Å². The van der Waals surface area contributed by atoms with Crippen LogP contribution in [0.2, 0.25) is 0 Å². The van der Waals surface area contributed by atoms with Crippen LogP contribution in [0, 0.1) is 16.0 Å². The third kappa shape index (κ3) is 3.55. The molecule has 1 saturated heterocycles. The van der Waals surface area contributed by atoms with E-state index in [2.05, 4.69) is 31.1 Å². The van der Waals surface area contributed by atoms with Gasteiger partial charge in [-0.05, 0) is 38.4 Å². The molecule has 5 nitrogen and oxygen atoms in total. The summed E-state index contributed by atoms with van der Waals surface area (Å²) >= 11 is 0. The second kappa shape index (κ2) is 6.33. The fourth-order valence-corrected chi connectivity index (χ4v) is 2.90. The van der Waals surface area contributed by atoms with Crippen molar-refractivity contribution in [2.75, 3.05) is 20.1 Å². The summed E-state index contributed by atoms with van der Waals surface area (Å²) in [6.07, 6.45) is 1.15. The molecule has 3 atom stereocenters. The van der Waals surface area contributed by atoms with E-state index in [1.54, 1.807) is 12.1 Å². The van der Waals surface area contributed by atoms with Crippen molar-refractivity contribution in [1.82, 2.24) is 10.2 Å². The molecule has 1 aliphatic heterocycles. The predicted octanol–water partition coefficient (Wildman–Crippen LogP) is 2.59. The molecule has 0 radical (unpaired) electrons. The van der Waals surface area contributed by atoms with E-state index in [1.165, 1.54) is 0 Å². The van der Waals surface area contributed by atoms with Gasteiger partial charge in [0.1, 0.15) is 0 Å². The molecule has 1 aromatic rings. The highest BCUT2D eigenvalue weighted by molar-refractivity contribution is 5.34. The third-order valence-corrected chi connectivity index (χ3v) is 4.18. The van der Waals surface area contributed by atoms with Crippen molar-refractivity contribution in [3.63, 3.8) is 0 Å². The van der Waals surface area contributed by atoms with Crippen LogP contribution in [0.1, 0.15) is 31.9 Å². The monoisotopic (exact) mass is 277 g/mol. The fourth-order valence-electron chi connectivity index (χ4n) is 2.90. The van der Waals surface area contributed by atoms with Crippen LogP contribution >= 0.6 is 0 Å². The first-order valence-corrected chi connectivity index (χ1v) is 7.16. The van der Waals surface area contributed by atoms with E-state index >= 15 is 0 Å². The van der Waals surface area contributed by atoms with E-state index in [-0.39, 0.29) is 16.7 Å². The first-order valence-electron chi connectivity index (χ1n) is 7.16. The molecule has 1 fully saturated rings. The van der Waals surface area contributed by atoms with E-state index in [9.17, 15) is 10.1 Å². The van der Waals surface area contributed by atoms with Crippen molar-refractivity contribution >= 4 is 5.69 Å². The number of nitro benzene ring substituents is 1. The Labute approximate surface area is 120 Å². The molecule has 0 aromatic heterocycles. The summed E-state index contributed by atoms with van der Waals surface area (Å²) in [6, 6.07) is 7.56. The second-order valence-electron chi connectivity index (χ2n) is 5.87. The SMILES string of the molecule is CC(NC1CCN(C)CC1C)c1ccc([N+](=O)[O-])cc1. The van der Waals surface area contributed by atoms with Gasteiger partial charge in [0.05, 0.1) is 4.92 Å². The molecule has 20 heavy (non-hydrogen) atoms. The van der Waals surface area contributed by atoms with Gasteiger partial charge in [-0.2, -0.15) is 0 Å². The zero-order valence-corrected chi connectivity index (χ0v) is 12.4. The zero-order valence-electron chi connectivity index (χ0n) is 12.4. The molecule has 5 heteroatoms. The van der Waals surface area contributed by atoms with Crippen molar-refractivity contribution in [2.45, 2.75) is 32.4 Å². The number of hydrogen-bond acceptors (Lipinski definition) is 4. The Balaban J connectivity index is 1.97. The van der Waals surface area contributed by atoms with Crippen LogP contribution in [-0.4, -0.2) is 36.0 Å². The van der Waals surface area contributed by atoms with Gasteiger partial charge >= 0.3 is 0 Å². The van der Waals surface area contributed by atoms with Crippen molar-refractivity contribution in [1.29, 1.82) is 0 Å². The molecular weight excluding hydrogens is 254 g/mol. The zero-order chi connectivity index (χ0) is 14.7. The Morgan fingerprint density at radius 3 is 2.60 bits per heavy atom. The van der Waals surface area contributed by atoms with Crippen molar-refractivity contribution < 1.29 is 4.92 Å². The molecular formula is C15H23N3O2. The van der Waals surface area contributed by atoms with Crippen LogP contribution in [0.3, 0.4) is 0 Å². The minimum atomic E-state index is -0.360. The largest absolute Gasteiger partial charge is 0.307 e. The lowest BCUT2D eigenvalue weighted by atomic mass is 9.93. The highest BCUT2D eigenvalue weighted by Gasteiger charge is 2.25. The lowest BCUT2D eigenvalue weighted by Gasteiger charge is -2.37. The maximum Gasteiger partial charge on any atom is 0.269 e. The molecule has 1 aromatic carbocycles. The average molecular weight is 277 g/mol. The molecule has 0 spiro atoms. The highest BCUT2D eigenvalue weighted by Crippen LogP contribution is 2.22. The molecule has 0 bridgehead atoms. The minimum Gasteiger partial charge on any atom is -0.307 e. The summed E-state index contributed by atoms with van der Waals surface area (Å²) in [5, 5.41) is 14.3. The first kappa shape index (κ1) is 14.9. The van der Waals surface area contributed by atoms with Crippen LogP contribution in [0.5, 0.6) is 0 Å². The second-order valence-corrected chi connectivity index (χ2v) is 5.87. The number of non-ortho nitro benzene ring substituents is 1. The lowest BCUT2D eigenvalue weighted by Crippen LogP contribution is -2.47. The van der Waals surface area contributed by atoms with Gasteiger partial charge < -0.3 is 10.2 Å². The minimum absolute atomic E-state index is 0.147. The molecule has 0 amide bonds. The number of nitro groups is 1. The standard InChI is InChI=1S/C15H23N3O2/c1-11-10-17(3)9-8-15(11)16-12(2)13-4-6-14(7-5-13)18(19)20/h4-7,11-12,15-16H,8-10H2,1-3H3. The summed E-state index contributed by atoms with van der Waals surface area (Å²) in [5.41, 5.74) is 1.25. The number of likely N-dealkylation sites (tertiary alicyclic amines) is 1. The molecule has 110 valence electrons. The predicted molar refractivity (Wildman–Crippen MR) is 79.7 cm³/mol. The summed E-state index contributed by atoms with van der Waals surface area (Å²) in [6.45, 7) is 6.63. The number of nitrogens with one attached hydrogen (secondary N) is 1. The Hall–Kier alpha value is -1.46. The normalized spacial score (nSPS) is 25.4. The van der Waals surface area contributed by atoms with Gasteiger partial charge in [0, 0.05) is 30.8 Å². The van der Waals surface area contributed by atoms with Crippen LogP contribution in [-0.2, 0) is 0 Å². The Kier molecular flexibility index (Phi) is 4.73. The topological polar surface area (TPSA) is 58.4 Å². The Morgan fingerprint density at radius 1 is 1.40 bits per heavy atom. The van der Waals surface area contributed by atoms with Crippen LogP contribution < -0.4 is 5.32 Å². The molecule has 3 unspecified atom stereocenters. The summed E-state index contributed by atoms with van der Waals surface area (Å²) in [7, 11) is 2.16. The summed E-state index contributed by atoms with van der Waals surface area (Å²) in [4.78, 5) is 12.7. The van der Waals surface area contributed by atoms with Crippen LogP contribution in [0.15, 0.2) is 24.3 Å². The fraction of sp³-hybridized carbons (Fsp3) is 0.600. The van der Waals surface area contributed by atoms with E-state index < -0.39 is 0 Å². The number of piperidine rings is 1. The summed E-state index contributed by atoms with van der Waals surface area (Å²) < 4.78 is 0. The van der Waals surface area contributed by atoms with E-state index in [1.807, 2.05) is 12.1 Å². The maximum absolute atomic E-state index is 10.7. The number of rotatable bonds is 4. The van der Waals surface area contributed by atoms with Gasteiger partial charge in [0.25, 0.3) is 5.69 Å². The van der Waals surface area contributed by atoms with Crippen LogP contribution in [0.25, 0.3) is 0 Å². The first-order chi connectivity index (χ1) is 9.47. The van der Waals surface area contributed by atoms with Gasteiger partial charge in [-0.25, -0.2) is 0 Å². The molecule has 1 aliphatic rings. The smallest absolute Gasteiger partial charge is 0.269 e. The third-order valence-electron chi connectivity index (χ3n) is 4.18. The van der Waals surface area contributed by atoms with Crippen LogP contribution in [0.4, 0.5) is 5.69 Å². The number of nitrogens with zero attached hydrogens (tertiary/aromatic N) is 2. The van der Waals surface area contributed by atoms with Crippen molar-refractivity contribution in [3.05, 3.63) is 39.9 Å². The van der Waals surface area contributed by atoms with E-state index in [0.29, 0.717) is 12.0 Å². The lowest BCUT2D eigenvalue weighted by molar-refractivity contribution is -0.384. The van der Waals surface area contributed by atoms with E-state index in [4.69, 9.17) is 0 Å². The Morgan fingerprint density at radius 2 is 2.05 bits per heavy atom. The van der Waals surface area contributed by atoms with E-state index in [0.717, 1.165) is 25.1 Å². The quantitative estimate of drug-likeness (QED) is 0.679.